The molecule has 0 radical (unpaired) electrons. The number of carbonyl (C=O) groups excluding carboxylic acids is 1. The first-order valence-electron chi connectivity index (χ1n) is 9.21. The number of nitrogens with one attached hydrogen (secondary N) is 1. The third-order valence-electron chi connectivity index (χ3n) is 4.65. The molecule has 1 aliphatic heterocycles. The minimum Gasteiger partial charge on any atom is -0.495 e. The van der Waals surface area contributed by atoms with Gasteiger partial charge in [-0.1, -0.05) is 6.92 Å². The van der Waals surface area contributed by atoms with Gasteiger partial charge < -0.3 is 15.4 Å². The summed E-state index contributed by atoms with van der Waals surface area (Å²) in [5.74, 6) is 0.517. The molecule has 160 valence electrons. The van der Waals surface area contributed by atoms with E-state index >= 15 is 0 Å². The van der Waals surface area contributed by atoms with Crippen LogP contribution in [-0.2, 0) is 10.0 Å². The molecule has 9 heteroatoms. The standard InChI is InChI=1S/C19H31N3O4S.ClH/c1-13-8-9-22(15(10-13)12-20)18(23)14-6-7-16(26-5)17(11-14)27(24,25)21-19(2,3)4;/h6-7,11,13,15,21H,8-10,12,20H2,1-5H3;1H. The number of carbonyl (C=O) groups is 1. The Hall–Kier alpha value is -1.35. The van der Waals surface area contributed by atoms with E-state index in [2.05, 4.69) is 11.6 Å². The Kier molecular flexibility index (Phi) is 8.32. The van der Waals surface area contributed by atoms with Gasteiger partial charge in [-0.3, -0.25) is 4.79 Å². The molecule has 0 saturated carbocycles. The lowest BCUT2D eigenvalue weighted by Gasteiger charge is -2.38. The van der Waals surface area contributed by atoms with Crippen molar-refractivity contribution in [1.82, 2.24) is 9.62 Å². The molecule has 1 saturated heterocycles. The van der Waals surface area contributed by atoms with Crippen molar-refractivity contribution >= 4 is 28.3 Å². The molecule has 3 N–H and O–H groups in total. The Labute approximate surface area is 174 Å². The van der Waals surface area contributed by atoms with Crippen molar-refractivity contribution < 1.29 is 17.9 Å². The van der Waals surface area contributed by atoms with Crippen LogP contribution in [0.2, 0.25) is 0 Å². The minimum atomic E-state index is -3.85. The number of halogens is 1. The Balaban J connectivity index is 0.00000392. The fraction of sp³-hybridized carbons (Fsp3) is 0.632. The van der Waals surface area contributed by atoms with Crippen molar-refractivity contribution in [3.8, 4) is 5.75 Å². The van der Waals surface area contributed by atoms with E-state index in [9.17, 15) is 13.2 Å². The highest BCUT2D eigenvalue weighted by Crippen LogP contribution is 2.28. The zero-order chi connectivity index (χ0) is 20.4. The SMILES string of the molecule is COc1ccc(C(=O)N2CCC(C)CC2CN)cc1S(=O)(=O)NC(C)(C)C.Cl. The van der Waals surface area contributed by atoms with Crippen LogP contribution in [0.25, 0.3) is 0 Å². The van der Waals surface area contributed by atoms with Gasteiger partial charge in [0.2, 0.25) is 10.0 Å². The number of nitrogens with zero attached hydrogens (tertiary/aromatic N) is 1. The van der Waals surface area contributed by atoms with E-state index in [1.165, 1.54) is 19.2 Å². The van der Waals surface area contributed by atoms with E-state index in [1.54, 1.807) is 31.7 Å². The van der Waals surface area contributed by atoms with Crippen molar-refractivity contribution in [2.75, 3.05) is 20.2 Å². The first kappa shape index (κ1) is 24.7. The number of hydrogen-bond acceptors (Lipinski definition) is 5. The van der Waals surface area contributed by atoms with Crippen LogP contribution in [0.1, 0.15) is 50.9 Å². The number of amides is 1. The van der Waals surface area contributed by atoms with Crippen LogP contribution in [0.15, 0.2) is 23.1 Å². The van der Waals surface area contributed by atoms with Crippen molar-refractivity contribution in [3.63, 3.8) is 0 Å². The van der Waals surface area contributed by atoms with Gasteiger partial charge >= 0.3 is 0 Å². The Morgan fingerprint density at radius 1 is 1.36 bits per heavy atom. The zero-order valence-electron chi connectivity index (χ0n) is 17.2. The molecular weight excluding hydrogens is 402 g/mol. The third kappa shape index (κ3) is 5.83. The van der Waals surface area contributed by atoms with Gasteiger partial charge in [-0.2, -0.15) is 0 Å². The van der Waals surface area contributed by atoms with Gasteiger partial charge in [0.05, 0.1) is 7.11 Å². The molecule has 2 rings (SSSR count). The first-order chi connectivity index (χ1) is 12.5. The molecule has 0 spiro atoms. The Morgan fingerprint density at radius 3 is 2.54 bits per heavy atom. The summed E-state index contributed by atoms with van der Waals surface area (Å²) in [5, 5.41) is 0. The number of hydrogen-bond donors (Lipinski definition) is 2. The van der Waals surface area contributed by atoms with E-state index in [1.807, 2.05) is 0 Å². The summed E-state index contributed by atoms with van der Waals surface area (Å²) in [4.78, 5) is 14.8. The van der Waals surface area contributed by atoms with Gasteiger partial charge in [0.15, 0.2) is 0 Å². The lowest BCUT2D eigenvalue weighted by atomic mass is 9.92. The Bertz CT molecular complexity index is 793. The maximum atomic E-state index is 13.1. The molecule has 28 heavy (non-hydrogen) atoms. The van der Waals surface area contributed by atoms with Gasteiger partial charge in [0.25, 0.3) is 5.91 Å². The molecule has 2 unspecified atom stereocenters. The largest absolute Gasteiger partial charge is 0.495 e. The molecule has 7 nitrogen and oxygen atoms in total. The number of benzene rings is 1. The maximum Gasteiger partial charge on any atom is 0.254 e. The summed E-state index contributed by atoms with van der Waals surface area (Å²) in [7, 11) is -2.44. The number of ether oxygens (including phenoxy) is 1. The van der Waals surface area contributed by atoms with Gasteiger partial charge in [0.1, 0.15) is 10.6 Å². The number of piperidine rings is 1. The fourth-order valence-corrected chi connectivity index (χ4v) is 5.00. The van der Waals surface area contributed by atoms with Gasteiger partial charge in [0, 0.05) is 30.2 Å². The van der Waals surface area contributed by atoms with Crippen molar-refractivity contribution in [2.24, 2.45) is 11.7 Å². The van der Waals surface area contributed by atoms with Gasteiger partial charge in [-0.25, -0.2) is 13.1 Å². The number of methoxy groups -OCH3 is 1. The quantitative estimate of drug-likeness (QED) is 0.742. The maximum absolute atomic E-state index is 13.1. The number of rotatable bonds is 5. The van der Waals surface area contributed by atoms with Crippen LogP contribution in [-0.4, -0.2) is 51.0 Å². The lowest BCUT2D eigenvalue weighted by molar-refractivity contribution is 0.0573. The predicted molar refractivity (Wildman–Crippen MR) is 113 cm³/mol. The van der Waals surface area contributed by atoms with E-state index in [0.29, 0.717) is 24.6 Å². The van der Waals surface area contributed by atoms with Crippen LogP contribution < -0.4 is 15.2 Å². The smallest absolute Gasteiger partial charge is 0.254 e. The summed E-state index contributed by atoms with van der Waals surface area (Å²) >= 11 is 0. The van der Waals surface area contributed by atoms with Crippen molar-refractivity contribution in [3.05, 3.63) is 23.8 Å². The molecule has 1 fully saturated rings. The van der Waals surface area contributed by atoms with E-state index in [0.717, 1.165) is 12.8 Å². The molecule has 0 aromatic heterocycles. The molecule has 1 aromatic rings. The summed E-state index contributed by atoms with van der Waals surface area (Å²) in [6.07, 6.45) is 1.77. The summed E-state index contributed by atoms with van der Waals surface area (Å²) in [5.41, 5.74) is 5.53. The molecule has 1 heterocycles. The van der Waals surface area contributed by atoms with Gasteiger partial charge in [-0.05, 0) is 57.7 Å². The van der Waals surface area contributed by atoms with Crippen LogP contribution in [0.3, 0.4) is 0 Å². The topological polar surface area (TPSA) is 102 Å². The summed E-state index contributed by atoms with van der Waals surface area (Å²) in [6.45, 7) is 8.44. The molecule has 1 aliphatic rings. The van der Waals surface area contributed by atoms with E-state index < -0.39 is 15.6 Å². The third-order valence-corrected chi connectivity index (χ3v) is 6.43. The highest BCUT2D eigenvalue weighted by molar-refractivity contribution is 7.89. The number of likely N-dealkylation sites (tertiary alicyclic amines) is 1. The number of nitrogens with two attached hydrogens (primary N) is 1. The fourth-order valence-electron chi connectivity index (χ4n) is 3.39. The van der Waals surface area contributed by atoms with Crippen LogP contribution in [0, 0.1) is 5.92 Å². The van der Waals surface area contributed by atoms with Crippen molar-refractivity contribution in [2.45, 2.75) is 57.0 Å². The van der Waals surface area contributed by atoms with Gasteiger partial charge in [-0.15, -0.1) is 12.4 Å². The van der Waals surface area contributed by atoms with E-state index in [4.69, 9.17) is 10.5 Å². The lowest BCUT2D eigenvalue weighted by Crippen LogP contribution is -2.49. The second kappa shape index (κ2) is 9.43. The molecule has 0 aliphatic carbocycles. The van der Waals surface area contributed by atoms with Crippen LogP contribution >= 0.6 is 12.4 Å². The second-order valence-electron chi connectivity index (χ2n) is 8.24. The first-order valence-corrected chi connectivity index (χ1v) is 10.7. The van der Waals surface area contributed by atoms with Crippen molar-refractivity contribution in [1.29, 1.82) is 0 Å². The zero-order valence-corrected chi connectivity index (χ0v) is 18.8. The predicted octanol–water partition coefficient (Wildman–Crippen LogP) is 2.39. The average molecular weight is 434 g/mol. The molecule has 2 atom stereocenters. The van der Waals surface area contributed by atoms with Crippen LogP contribution in [0.4, 0.5) is 0 Å². The minimum absolute atomic E-state index is 0. The van der Waals surface area contributed by atoms with Crippen LogP contribution in [0.5, 0.6) is 5.75 Å². The normalized spacial score (nSPS) is 20.4. The summed E-state index contributed by atoms with van der Waals surface area (Å²) < 4.78 is 33.4. The monoisotopic (exact) mass is 433 g/mol. The highest BCUT2D eigenvalue weighted by atomic mass is 35.5. The molecular formula is C19H32ClN3O4S. The highest BCUT2D eigenvalue weighted by Gasteiger charge is 2.31. The molecule has 1 amide bonds. The Morgan fingerprint density at radius 2 is 2.00 bits per heavy atom. The second-order valence-corrected chi connectivity index (χ2v) is 9.89. The van der Waals surface area contributed by atoms with E-state index in [-0.39, 0.29) is 35.0 Å². The average Bonchev–Trinajstić information content (AvgIpc) is 2.58. The molecule has 0 bridgehead atoms. The number of sulfonamides is 1. The summed E-state index contributed by atoms with van der Waals surface area (Å²) in [6, 6.07) is 4.48. The molecule has 1 aromatic carbocycles.